The molecule has 17 heavy (non-hydrogen) atoms. The predicted molar refractivity (Wildman–Crippen MR) is 70.0 cm³/mol. The van der Waals surface area contributed by atoms with Gasteiger partial charge in [0.2, 0.25) is 0 Å². The van der Waals surface area contributed by atoms with Gasteiger partial charge in [0.15, 0.2) is 0 Å². The van der Waals surface area contributed by atoms with E-state index in [9.17, 15) is 4.39 Å². The van der Waals surface area contributed by atoms with Gasteiger partial charge >= 0.3 is 0 Å². The van der Waals surface area contributed by atoms with Crippen LogP contribution in [-0.4, -0.2) is 54.2 Å². The highest BCUT2D eigenvalue weighted by Gasteiger charge is 2.32. The number of likely N-dealkylation sites (tertiary alicyclic amines) is 2. The van der Waals surface area contributed by atoms with Gasteiger partial charge < -0.3 is 4.90 Å². The SMILES string of the molecule is CC(C)N1CCC(N2CC[C@H](C)[C@H](F)C2)CC1. The van der Waals surface area contributed by atoms with E-state index in [2.05, 4.69) is 23.6 Å². The molecule has 100 valence electrons. The Bertz CT molecular complexity index is 236. The average molecular weight is 242 g/mol. The Morgan fingerprint density at radius 3 is 2.24 bits per heavy atom. The van der Waals surface area contributed by atoms with Crippen LogP contribution in [0.15, 0.2) is 0 Å². The molecule has 0 bridgehead atoms. The summed E-state index contributed by atoms with van der Waals surface area (Å²) in [6.45, 7) is 10.7. The summed E-state index contributed by atoms with van der Waals surface area (Å²) in [5.74, 6) is 0.266. The van der Waals surface area contributed by atoms with Gasteiger partial charge in [-0.05, 0) is 58.7 Å². The molecule has 0 saturated carbocycles. The highest BCUT2D eigenvalue weighted by Crippen LogP contribution is 2.25. The van der Waals surface area contributed by atoms with E-state index in [-0.39, 0.29) is 5.92 Å². The zero-order valence-electron chi connectivity index (χ0n) is 11.5. The van der Waals surface area contributed by atoms with Gasteiger partial charge in [0.05, 0.1) is 0 Å². The molecule has 2 atom stereocenters. The lowest BCUT2D eigenvalue weighted by atomic mass is 9.93. The van der Waals surface area contributed by atoms with E-state index in [1.807, 2.05) is 6.92 Å². The summed E-state index contributed by atoms with van der Waals surface area (Å²) in [4.78, 5) is 4.94. The van der Waals surface area contributed by atoms with Gasteiger partial charge in [0, 0.05) is 18.6 Å². The highest BCUT2D eigenvalue weighted by molar-refractivity contribution is 4.86. The fourth-order valence-electron chi connectivity index (χ4n) is 3.14. The van der Waals surface area contributed by atoms with E-state index in [4.69, 9.17) is 0 Å². The Balaban J connectivity index is 1.81. The lowest BCUT2D eigenvalue weighted by molar-refractivity contribution is 0.0304. The van der Waals surface area contributed by atoms with Crippen molar-refractivity contribution in [2.45, 2.75) is 58.3 Å². The molecular formula is C14H27FN2. The van der Waals surface area contributed by atoms with Crippen LogP contribution in [0.25, 0.3) is 0 Å². The van der Waals surface area contributed by atoms with Crippen molar-refractivity contribution in [3.8, 4) is 0 Å². The maximum absolute atomic E-state index is 13.7. The van der Waals surface area contributed by atoms with Gasteiger partial charge in [-0.15, -0.1) is 0 Å². The van der Waals surface area contributed by atoms with Crippen molar-refractivity contribution in [2.24, 2.45) is 5.92 Å². The first-order valence-electron chi connectivity index (χ1n) is 7.20. The largest absolute Gasteiger partial charge is 0.301 e. The second-order valence-electron chi connectivity index (χ2n) is 6.14. The third kappa shape index (κ3) is 3.19. The van der Waals surface area contributed by atoms with Crippen molar-refractivity contribution in [3.63, 3.8) is 0 Å². The molecule has 0 aromatic carbocycles. The Morgan fingerprint density at radius 1 is 1.06 bits per heavy atom. The minimum Gasteiger partial charge on any atom is -0.301 e. The monoisotopic (exact) mass is 242 g/mol. The molecule has 0 aromatic rings. The van der Waals surface area contributed by atoms with E-state index in [0.29, 0.717) is 18.6 Å². The van der Waals surface area contributed by atoms with Crippen molar-refractivity contribution in [2.75, 3.05) is 26.2 Å². The van der Waals surface area contributed by atoms with Crippen LogP contribution in [-0.2, 0) is 0 Å². The van der Waals surface area contributed by atoms with Crippen LogP contribution in [0.1, 0.15) is 40.0 Å². The van der Waals surface area contributed by atoms with E-state index in [1.165, 1.54) is 25.9 Å². The fraction of sp³-hybridized carbons (Fsp3) is 1.00. The molecule has 0 unspecified atom stereocenters. The number of hydrogen-bond donors (Lipinski definition) is 0. The summed E-state index contributed by atoms with van der Waals surface area (Å²) in [6, 6.07) is 1.29. The molecule has 2 aliphatic heterocycles. The Labute approximate surface area is 105 Å². The topological polar surface area (TPSA) is 6.48 Å². The maximum atomic E-state index is 13.7. The Kier molecular flexibility index (Phi) is 4.42. The fourth-order valence-corrected chi connectivity index (χ4v) is 3.14. The van der Waals surface area contributed by atoms with Crippen molar-refractivity contribution >= 4 is 0 Å². The minimum atomic E-state index is -0.605. The molecule has 3 heteroatoms. The summed E-state index contributed by atoms with van der Waals surface area (Å²) in [5.41, 5.74) is 0. The van der Waals surface area contributed by atoms with Crippen LogP contribution in [0.5, 0.6) is 0 Å². The van der Waals surface area contributed by atoms with Gasteiger partial charge in [0.25, 0.3) is 0 Å². The number of nitrogens with zero attached hydrogens (tertiary/aromatic N) is 2. The number of piperidine rings is 2. The molecule has 2 saturated heterocycles. The van der Waals surface area contributed by atoms with Crippen LogP contribution >= 0.6 is 0 Å². The third-order valence-corrected chi connectivity index (χ3v) is 4.64. The molecule has 0 amide bonds. The molecule has 2 nitrogen and oxygen atoms in total. The summed E-state index contributed by atoms with van der Waals surface area (Å²) in [6.07, 6.45) is 2.87. The minimum absolute atomic E-state index is 0.266. The van der Waals surface area contributed by atoms with Gasteiger partial charge in [0.1, 0.15) is 6.17 Å². The molecule has 2 fully saturated rings. The summed E-state index contributed by atoms with van der Waals surface area (Å²) in [7, 11) is 0. The van der Waals surface area contributed by atoms with Crippen LogP contribution < -0.4 is 0 Å². The molecule has 0 aromatic heterocycles. The standard InChI is InChI=1S/C14H27FN2/c1-11(2)16-8-5-13(6-9-16)17-7-4-12(3)14(15)10-17/h11-14H,4-10H2,1-3H3/t12-,14+/m0/s1. The summed E-state index contributed by atoms with van der Waals surface area (Å²) < 4.78 is 13.7. The number of halogens is 1. The predicted octanol–water partition coefficient (Wildman–Crippen LogP) is 2.54. The first-order chi connectivity index (χ1) is 8.08. The summed E-state index contributed by atoms with van der Waals surface area (Å²) >= 11 is 0. The van der Waals surface area contributed by atoms with E-state index >= 15 is 0 Å². The quantitative estimate of drug-likeness (QED) is 0.734. The Hall–Kier alpha value is -0.150. The highest BCUT2D eigenvalue weighted by atomic mass is 19.1. The van der Waals surface area contributed by atoms with Crippen LogP contribution in [0, 0.1) is 5.92 Å². The number of rotatable bonds is 2. The average Bonchev–Trinajstić information content (AvgIpc) is 2.33. The third-order valence-electron chi connectivity index (χ3n) is 4.64. The molecule has 0 N–H and O–H groups in total. The number of alkyl halides is 1. The van der Waals surface area contributed by atoms with Gasteiger partial charge in [-0.2, -0.15) is 0 Å². The van der Waals surface area contributed by atoms with Gasteiger partial charge in [-0.3, -0.25) is 4.90 Å². The van der Waals surface area contributed by atoms with Gasteiger partial charge in [-0.25, -0.2) is 4.39 Å². The molecule has 2 aliphatic rings. The molecular weight excluding hydrogens is 215 g/mol. The maximum Gasteiger partial charge on any atom is 0.115 e. The Morgan fingerprint density at radius 2 is 1.71 bits per heavy atom. The van der Waals surface area contributed by atoms with Crippen molar-refractivity contribution < 1.29 is 4.39 Å². The molecule has 2 rings (SSSR count). The second kappa shape index (κ2) is 5.66. The first-order valence-corrected chi connectivity index (χ1v) is 7.20. The van der Waals surface area contributed by atoms with Crippen molar-refractivity contribution in [1.29, 1.82) is 0 Å². The van der Waals surface area contributed by atoms with Crippen LogP contribution in [0.3, 0.4) is 0 Å². The molecule has 0 radical (unpaired) electrons. The van der Waals surface area contributed by atoms with E-state index < -0.39 is 6.17 Å². The van der Waals surface area contributed by atoms with E-state index in [1.54, 1.807) is 0 Å². The van der Waals surface area contributed by atoms with Crippen molar-refractivity contribution in [1.82, 2.24) is 9.80 Å². The smallest absolute Gasteiger partial charge is 0.115 e. The lowest BCUT2D eigenvalue weighted by Crippen LogP contribution is -2.51. The second-order valence-corrected chi connectivity index (χ2v) is 6.14. The van der Waals surface area contributed by atoms with E-state index in [0.717, 1.165) is 13.0 Å². The lowest BCUT2D eigenvalue weighted by Gasteiger charge is -2.43. The molecule has 0 aliphatic carbocycles. The molecule has 2 heterocycles. The molecule has 0 spiro atoms. The van der Waals surface area contributed by atoms with Crippen LogP contribution in [0.2, 0.25) is 0 Å². The normalized spacial score (nSPS) is 34.4. The summed E-state index contributed by atoms with van der Waals surface area (Å²) in [5, 5.41) is 0. The van der Waals surface area contributed by atoms with Gasteiger partial charge in [-0.1, -0.05) is 6.92 Å². The number of hydrogen-bond acceptors (Lipinski definition) is 2. The van der Waals surface area contributed by atoms with Crippen molar-refractivity contribution in [3.05, 3.63) is 0 Å². The zero-order chi connectivity index (χ0) is 12.4. The van der Waals surface area contributed by atoms with Crippen LogP contribution in [0.4, 0.5) is 4.39 Å². The zero-order valence-corrected chi connectivity index (χ0v) is 11.5. The first kappa shape index (κ1) is 13.3.